The van der Waals surface area contributed by atoms with Crippen LogP contribution < -0.4 is 9.62 Å². The third kappa shape index (κ3) is 8.42. The van der Waals surface area contributed by atoms with Gasteiger partial charge in [-0.25, -0.2) is 8.42 Å². The average Bonchev–Trinajstić information content (AvgIpc) is 2.86. The maximum absolute atomic E-state index is 14.2. The minimum absolute atomic E-state index is 0.151. The SMILES string of the molecule is Cc1ccc(CN(C(=O)CN(c2cccc(C)c2C)S(C)(=O)=O)[C@@H](Cc2ccccc2)C(=O)NC(C)(C)C)cc1. The lowest BCUT2D eigenvalue weighted by atomic mass is 10.0. The first-order chi connectivity index (χ1) is 18.7. The molecule has 0 aliphatic heterocycles. The summed E-state index contributed by atoms with van der Waals surface area (Å²) < 4.78 is 27.2. The molecule has 40 heavy (non-hydrogen) atoms. The molecule has 214 valence electrons. The summed E-state index contributed by atoms with van der Waals surface area (Å²) in [5.41, 5.74) is 4.43. The number of carbonyl (C=O) groups excluding carboxylic acids is 2. The van der Waals surface area contributed by atoms with Gasteiger partial charge in [0.2, 0.25) is 21.8 Å². The zero-order valence-electron chi connectivity index (χ0n) is 24.6. The quantitative estimate of drug-likeness (QED) is 0.379. The highest BCUT2D eigenvalue weighted by atomic mass is 32.2. The summed E-state index contributed by atoms with van der Waals surface area (Å²) >= 11 is 0. The number of hydrogen-bond donors (Lipinski definition) is 1. The van der Waals surface area contributed by atoms with Gasteiger partial charge in [-0.15, -0.1) is 0 Å². The molecule has 0 heterocycles. The molecule has 0 saturated carbocycles. The van der Waals surface area contributed by atoms with Gasteiger partial charge in [0.25, 0.3) is 0 Å². The molecular formula is C32H41N3O4S. The first-order valence-electron chi connectivity index (χ1n) is 13.4. The largest absolute Gasteiger partial charge is 0.350 e. The van der Waals surface area contributed by atoms with Gasteiger partial charge in [0, 0.05) is 18.5 Å². The molecule has 0 radical (unpaired) electrons. The van der Waals surface area contributed by atoms with Crippen LogP contribution >= 0.6 is 0 Å². The Bertz CT molecular complexity index is 1430. The van der Waals surface area contributed by atoms with Crippen LogP contribution in [0.2, 0.25) is 0 Å². The highest BCUT2D eigenvalue weighted by Crippen LogP contribution is 2.26. The topological polar surface area (TPSA) is 86.8 Å². The number of amides is 2. The number of aryl methyl sites for hydroxylation is 2. The van der Waals surface area contributed by atoms with Gasteiger partial charge in [0.05, 0.1) is 11.9 Å². The fraction of sp³-hybridized carbons (Fsp3) is 0.375. The van der Waals surface area contributed by atoms with E-state index in [0.717, 1.165) is 38.4 Å². The molecule has 3 rings (SSSR count). The van der Waals surface area contributed by atoms with Gasteiger partial charge in [0.15, 0.2) is 0 Å². The summed E-state index contributed by atoms with van der Waals surface area (Å²) in [7, 11) is -3.81. The molecule has 1 atom stereocenters. The van der Waals surface area contributed by atoms with Crippen molar-refractivity contribution in [3.8, 4) is 0 Å². The maximum atomic E-state index is 14.2. The van der Waals surface area contributed by atoms with Crippen LogP contribution in [0.15, 0.2) is 72.8 Å². The second-order valence-corrected chi connectivity index (χ2v) is 13.3. The second kappa shape index (κ2) is 12.7. The molecule has 7 nitrogen and oxygen atoms in total. The molecule has 0 aliphatic carbocycles. The van der Waals surface area contributed by atoms with E-state index < -0.39 is 34.1 Å². The molecule has 0 unspecified atom stereocenters. The van der Waals surface area contributed by atoms with Crippen LogP contribution in [0.5, 0.6) is 0 Å². The van der Waals surface area contributed by atoms with E-state index in [1.165, 1.54) is 4.90 Å². The van der Waals surface area contributed by atoms with Crippen LogP contribution in [-0.2, 0) is 32.6 Å². The Morgan fingerprint density at radius 1 is 0.850 bits per heavy atom. The average molecular weight is 564 g/mol. The van der Waals surface area contributed by atoms with Crippen molar-refractivity contribution in [2.45, 2.75) is 66.1 Å². The summed E-state index contributed by atoms with van der Waals surface area (Å²) in [5, 5.41) is 3.04. The van der Waals surface area contributed by atoms with Crippen molar-refractivity contribution in [3.05, 3.63) is 101 Å². The van der Waals surface area contributed by atoms with Gasteiger partial charge in [-0.2, -0.15) is 0 Å². The van der Waals surface area contributed by atoms with Crippen LogP contribution in [-0.4, -0.2) is 49.5 Å². The second-order valence-electron chi connectivity index (χ2n) is 11.4. The molecule has 0 fully saturated rings. The molecular weight excluding hydrogens is 522 g/mol. The van der Waals surface area contributed by atoms with Gasteiger partial charge >= 0.3 is 0 Å². The summed E-state index contributed by atoms with van der Waals surface area (Å²) in [6.07, 6.45) is 1.38. The molecule has 0 saturated heterocycles. The van der Waals surface area contributed by atoms with Crippen molar-refractivity contribution < 1.29 is 18.0 Å². The zero-order valence-corrected chi connectivity index (χ0v) is 25.4. The van der Waals surface area contributed by atoms with Crippen molar-refractivity contribution in [3.63, 3.8) is 0 Å². The predicted octanol–water partition coefficient (Wildman–Crippen LogP) is 4.93. The van der Waals surface area contributed by atoms with Crippen molar-refractivity contribution in [1.29, 1.82) is 0 Å². The van der Waals surface area contributed by atoms with E-state index in [2.05, 4.69) is 5.32 Å². The van der Waals surface area contributed by atoms with Crippen molar-refractivity contribution in [1.82, 2.24) is 10.2 Å². The highest BCUT2D eigenvalue weighted by Gasteiger charge is 2.34. The van der Waals surface area contributed by atoms with E-state index in [0.29, 0.717) is 5.69 Å². The lowest BCUT2D eigenvalue weighted by molar-refractivity contribution is -0.140. The number of nitrogens with zero attached hydrogens (tertiary/aromatic N) is 2. The number of rotatable bonds is 10. The standard InChI is InChI=1S/C32H41N3O4S/c1-23-16-18-27(19-17-23)21-34(29(31(37)33-32(4,5)6)20-26-13-9-8-10-14-26)30(36)22-35(40(7,38)39)28-15-11-12-24(2)25(28)3/h8-19,29H,20-22H2,1-7H3,(H,33,37)/t29-/m0/s1. The molecule has 1 N–H and O–H groups in total. The first kappa shape index (κ1) is 30.9. The minimum Gasteiger partial charge on any atom is -0.350 e. The van der Waals surface area contributed by atoms with Gasteiger partial charge in [-0.1, -0.05) is 72.3 Å². The van der Waals surface area contributed by atoms with Gasteiger partial charge in [-0.3, -0.25) is 13.9 Å². The lowest BCUT2D eigenvalue weighted by Crippen LogP contribution is -2.56. The Morgan fingerprint density at radius 3 is 2.05 bits per heavy atom. The van der Waals surface area contributed by atoms with Crippen molar-refractivity contribution >= 4 is 27.5 Å². The summed E-state index contributed by atoms with van der Waals surface area (Å²) in [5.74, 6) is -0.758. The number of nitrogens with one attached hydrogen (secondary N) is 1. The number of benzene rings is 3. The van der Waals surface area contributed by atoms with E-state index in [-0.39, 0.29) is 18.9 Å². The van der Waals surface area contributed by atoms with E-state index in [1.807, 2.05) is 102 Å². The number of carbonyl (C=O) groups is 2. The molecule has 0 aromatic heterocycles. The molecule has 3 aromatic rings. The van der Waals surface area contributed by atoms with Crippen LogP contribution in [0, 0.1) is 20.8 Å². The van der Waals surface area contributed by atoms with Crippen molar-refractivity contribution in [2.24, 2.45) is 0 Å². The van der Waals surface area contributed by atoms with Crippen molar-refractivity contribution in [2.75, 3.05) is 17.1 Å². The maximum Gasteiger partial charge on any atom is 0.244 e. The van der Waals surface area contributed by atoms with E-state index >= 15 is 0 Å². The number of hydrogen-bond acceptors (Lipinski definition) is 4. The Morgan fingerprint density at radius 2 is 1.48 bits per heavy atom. The van der Waals surface area contributed by atoms with E-state index in [4.69, 9.17) is 0 Å². The third-order valence-corrected chi connectivity index (χ3v) is 7.89. The molecule has 2 amide bonds. The molecule has 8 heteroatoms. The van der Waals surface area contributed by atoms with Gasteiger partial charge in [0.1, 0.15) is 12.6 Å². The smallest absolute Gasteiger partial charge is 0.244 e. The Labute approximate surface area is 239 Å². The van der Waals surface area contributed by atoms with Gasteiger partial charge < -0.3 is 10.2 Å². The zero-order chi connectivity index (χ0) is 29.7. The number of anilines is 1. The lowest BCUT2D eigenvalue weighted by Gasteiger charge is -2.35. The molecule has 0 aliphatic rings. The molecule has 0 spiro atoms. The molecule has 0 bridgehead atoms. The van der Waals surface area contributed by atoms with Gasteiger partial charge in [-0.05, 0) is 69.9 Å². The normalized spacial score (nSPS) is 12.5. The minimum atomic E-state index is -3.81. The summed E-state index contributed by atoms with van der Waals surface area (Å²) in [6, 6.07) is 21.8. The highest BCUT2D eigenvalue weighted by molar-refractivity contribution is 7.92. The van der Waals surface area contributed by atoms with Crippen LogP contribution in [0.25, 0.3) is 0 Å². The number of sulfonamides is 1. The fourth-order valence-electron chi connectivity index (χ4n) is 4.50. The predicted molar refractivity (Wildman–Crippen MR) is 162 cm³/mol. The fourth-order valence-corrected chi connectivity index (χ4v) is 5.40. The third-order valence-electron chi connectivity index (χ3n) is 6.77. The monoisotopic (exact) mass is 563 g/mol. The van der Waals surface area contributed by atoms with E-state index in [9.17, 15) is 18.0 Å². The van der Waals surface area contributed by atoms with Crippen LogP contribution in [0.4, 0.5) is 5.69 Å². The van der Waals surface area contributed by atoms with E-state index in [1.54, 1.807) is 12.1 Å². The Balaban J connectivity index is 2.09. The summed E-state index contributed by atoms with van der Waals surface area (Å²) in [4.78, 5) is 29.5. The van der Waals surface area contributed by atoms with Crippen LogP contribution in [0.1, 0.15) is 48.6 Å². The van der Waals surface area contributed by atoms with Crippen LogP contribution in [0.3, 0.4) is 0 Å². The Hall–Kier alpha value is -3.65. The Kier molecular flexibility index (Phi) is 9.79. The summed E-state index contributed by atoms with van der Waals surface area (Å²) in [6.45, 7) is 11.1. The molecule has 3 aromatic carbocycles. The first-order valence-corrected chi connectivity index (χ1v) is 15.3.